The van der Waals surface area contributed by atoms with Gasteiger partial charge in [0, 0.05) is 18.8 Å². The minimum absolute atomic E-state index is 0.0462. The van der Waals surface area contributed by atoms with Gasteiger partial charge in [0.15, 0.2) is 0 Å². The van der Waals surface area contributed by atoms with Crippen molar-refractivity contribution < 1.29 is 9.59 Å². The lowest BCUT2D eigenvalue weighted by molar-refractivity contribution is -0.118. The Morgan fingerprint density at radius 3 is 2.68 bits per heavy atom. The van der Waals surface area contributed by atoms with Gasteiger partial charge in [-0.1, -0.05) is 17.7 Å². The van der Waals surface area contributed by atoms with E-state index in [2.05, 4.69) is 10.6 Å². The second kappa shape index (κ2) is 5.73. The standard InChI is InChI=1S/C14H19N3O2/c1-3-15-14(19)16-12-8-9-17(13(12)18)11-6-4-10(2)5-7-11/h4-7,12H,3,8-9H2,1-2H3,(H2,15,16,19)/t12-/m1/s1. The fraction of sp³-hybridized carbons (Fsp3) is 0.429. The highest BCUT2D eigenvalue weighted by Crippen LogP contribution is 2.21. The Morgan fingerprint density at radius 2 is 2.05 bits per heavy atom. The molecule has 1 fully saturated rings. The minimum Gasteiger partial charge on any atom is -0.338 e. The fourth-order valence-corrected chi connectivity index (χ4v) is 2.16. The normalized spacial score (nSPS) is 18.5. The summed E-state index contributed by atoms with van der Waals surface area (Å²) in [7, 11) is 0. The second-order valence-corrected chi connectivity index (χ2v) is 4.67. The van der Waals surface area contributed by atoms with Crippen molar-refractivity contribution in [2.24, 2.45) is 0 Å². The summed E-state index contributed by atoms with van der Waals surface area (Å²) in [5, 5.41) is 5.33. The van der Waals surface area contributed by atoms with Gasteiger partial charge in [0.2, 0.25) is 5.91 Å². The van der Waals surface area contributed by atoms with Crippen molar-refractivity contribution in [1.29, 1.82) is 0 Å². The largest absolute Gasteiger partial charge is 0.338 e. The predicted molar refractivity (Wildman–Crippen MR) is 74.1 cm³/mol. The molecule has 2 rings (SSSR count). The lowest BCUT2D eigenvalue weighted by Gasteiger charge is -2.17. The zero-order chi connectivity index (χ0) is 13.8. The number of hydrogen-bond donors (Lipinski definition) is 2. The van der Waals surface area contributed by atoms with Crippen LogP contribution in [0.15, 0.2) is 24.3 Å². The number of nitrogens with zero attached hydrogens (tertiary/aromatic N) is 1. The molecule has 5 heteroatoms. The summed E-state index contributed by atoms with van der Waals surface area (Å²) < 4.78 is 0. The smallest absolute Gasteiger partial charge is 0.315 e. The number of nitrogens with one attached hydrogen (secondary N) is 2. The Kier molecular flexibility index (Phi) is 4.04. The molecule has 1 aliphatic rings. The zero-order valence-corrected chi connectivity index (χ0v) is 11.3. The average Bonchev–Trinajstić information content (AvgIpc) is 2.73. The quantitative estimate of drug-likeness (QED) is 0.864. The highest BCUT2D eigenvalue weighted by molar-refractivity contribution is 6.01. The van der Waals surface area contributed by atoms with E-state index in [4.69, 9.17) is 0 Å². The van der Waals surface area contributed by atoms with E-state index in [9.17, 15) is 9.59 Å². The van der Waals surface area contributed by atoms with Crippen LogP contribution in [-0.2, 0) is 4.79 Å². The summed E-state index contributed by atoms with van der Waals surface area (Å²) in [6.07, 6.45) is 0.643. The molecule has 0 spiro atoms. The van der Waals surface area contributed by atoms with Crippen LogP contribution in [0.4, 0.5) is 10.5 Å². The third-order valence-corrected chi connectivity index (χ3v) is 3.19. The van der Waals surface area contributed by atoms with E-state index in [0.717, 1.165) is 11.3 Å². The number of anilines is 1. The SMILES string of the molecule is CCNC(=O)N[C@@H]1CCN(c2ccc(C)cc2)C1=O. The number of rotatable bonds is 3. The average molecular weight is 261 g/mol. The molecule has 1 saturated heterocycles. The molecule has 1 aliphatic heterocycles. The zero-order valence-electron chi connectivity index (χ0n) is 11.3. The van der Waals surface area contributed by atoms with Gasteiger partial charge >= 0.3 is 6.03 Å². The molecule has 0 unspecified atom stereocenters. The Morgan fingerprint density at radius 1 is 1.37 bits per heavy atom. The third kappa shape index (κ3) is 3.05. The number of benzene rings is 1. The maximum Gasteiger partial charge on any atom is 0.315 e. The Hall–Kier alpha value is -2.04. The molecule has 19 heavy (non-hydrogen) atoms. The number of carbonyl (C=O) groups excluding carboxylic acids is 2. The Balaban J connectivity index is 2.01. The maximum absolute atomic E-state index is 12.2. The summed E-state index contributed by atoms with van der Waals surface area (Å²) in [5.41, 5.74) is 2.04. The van der Waals surface area contributed by atoms with Crippen molar-refractivity contribution >= 4 is 17.6 Å². The van der Waals surface area contributed by atoms with Gasteiger partial charge in [-0.25, -0.2) is 4.79 Å². The van der Waals surface area contributed by atoms with E-state index in [0.29, 0.717) is 19.5 Å². The molecular weight excluding hydrogens is 242 g/mol. The number of amides is 3. The first-order chi connectivity index (χ1) is 9.11. The molecule has 0 bridgehead atoms. The van der Waals surface area contributed by atoms with Crippen LogP contribution in [0, 0.1) is 6.92 Å². The predicted octanol–water partition coefficient (Wildman–Crippen LogP) is 1.42. The summed E-state index contributed by atoms with van der Waals surface area (Å²) in [4.78, 5) is 25.4. The summed E-state index contributed by atoms with van der Waals surface area (Å²) in [6.45, 7) is 5.04. The molecule has 0 aliphatic carbocycles. The van der Waals surface area contributed by atoms with Crippen molar-refractivity contribution in [2.75, 3.05) is 18.0 Å². The molecule has 1 heterocycles. The molecule has 1 aromatic carbocycles. The van der Waals surface area contributed by atoms with Crippen LogP contribution in [0.3, 0.4) is 0 Å². The molecule has 5 nitrogen and oxygen atoms in total. The fourth-order valence-electron chi connectivity index (χ4n) is 2.16. The van der Waals surface area contributed by atoms with Crippen molar-refractivity contribution in [2.45, 2.75) is 26.3 Å². The van der Waals surface area contributed by atoms with Gasteiger partial charge in [-0.15, -0.1) is 0 Å². The minimum atomic E-state index is -0.423. The van der Waals surface area contributed by atoms with Crippen molar-refractivity contribution in [3.8, 4) is 0 Å². The first-order valence-electron chi connectivity index (χ1n) is 6.54. The molecule has 102 valence electrons. The van der Waals surface area contributed by atoms with Gasteiger partial charge in [0.25, 0.3) is 0 Å². The molecule has 2 N–H and O–H groups in total. The lowest BCUT2D eigenvalue weighted by atomic mass is 10.2. The first-order valence-corrected chi connectivity index (χ1v) is 6.54. The van der Waals surface area contributed by atoms with Gasteiger partial charge in [0.05, 0.1) is 0 Å². The monoisotopic (exact) mass is 261 g/mol. The molecule has 1 atom stereocenters. The summed E-state index contributed by atoms with van der Waals surface area (Å²) in [6, 6.07) is 7.11. The van der Waals surface area contributed by atoms with Crippen LogP contribution in [0.5, 0.6) is 0 Å². The molecular formula is C14H19N3O2. The molecule has 1 aromatic rings. The summed E-state index contributed by atoms with van der Waals surface area (Å²) in [5.74, 6) is -0.0462. The van der Waals surface area contributed by atoms with E-state index >= 15 is 0 Å². The third-order valence-electron chi connectivity index (χ3n) is 3.19. The van der Waals surface area contributed by atoms with E-state index in [1.54, 1.807) is 4.90 Å². The van der Waals surface area contributed by atoms with E-state index in [1.165, 1.54) is 0 Å². The van der Waals surface area contributed by atoms with Crippen molar-refractivity contribution in [1.82, 2.24) is 10.6 Å². The van der Waals surface area contributed by atoms with Gasteiger partial charge in [-0.3, -0.25) is 4.79 Å². The van der Waals surface area contributed by atoms with Crippen molar-refractivity contribution in [3.63, 3.8) is 0 Å². The first kappa shape index (κ1) is 13.4. The Labute approximate surface area is 113 Å². The maximum atomic E-state index is 12.2. The highest BCUT2D eigenvalue weighted by atomic mass is 16.2. The van der Waals surface area contributed by atoms with Gasteiger partial charge in [-0.05, 0) is 32.4 Å². The van der Waals surface area contributed by atoms with E-state index in [-0.39, 0.29) is 11.9 Å². The van der Waals surface area contributed by atoms with Crippen LogP contribution >= 0.6 is 0 Å². The van der Waals surface area contributed by atoms with Gasteiger partial charge in [0.1, 0.15) is 6.04 Å². The molecule has 3 amide bonds. The molecule has 0 radical (unpaired) electrons. The van der Waals surface area contributed by atoms with Crippen LogP contribution in [-0.4, -0.2) is 31.1 Å². The second-order valence-electron chi connectivity index (χ2n) is 4.67. The van der Waals surface area contributed by atoms with Crippen LogP contribution in [0.1, 0.15) is 18.9 Å². The van der Waals surface area contributed by atoms with Crippen molar-refractivity contribution in [3.05, 3.63) is 29.8 Å². The number of carbonyl (C=O) groups is 2. The van der Waals surface area contributed by atoms with E-state index in [1.807, 2.05) is 38.1 Å². The van der Waals surface area contributed by atoms with Crippen LogP contribution in [0.25, 0.3) is 0 Å². The summed E-state index contributed by atoms with van der Waals surface area (Å²) >= 11 is 0. The topological polar surface area (TPSA) is 61.4 Å². The number of hydrogen-bond acceptors (Lipinski definition) is 2. The van der Waals surface area contributed by atoms with Gasteiger partial charge in [-0.2, -0.15) is 0 Å². The lowest BCUT2D eigenvalue weighted by Crippen LogP contribution is -2.46. The highest BCUT2D eigenvalue weighted by Gasteiger charge is 2.33. The van der Waals surface area contributed by atoms with Gasteiger partial charge < -0.3 is 15.5 Å². The van der Waals surface area contributed by atoms with E-state index < -0.39 is 6.04 Å². The number of urea groups is 1. The number of aryl methyl sites for hydroxylation is 1. The Bertz CT molecular complexity index is 470. The van der Waals surface area contributed by atoms with Crippen LogP contribution < -0.4 is 15.5 Å². The molecule has 0 aromatic heterocycles. The van der Waals surface area contributed by atoms with Crippen LogP contribution in [0.2, 0.25) is 0 Å². The molecule has 0 saturated carbocycles.